The maximum absolute atomic E-state index is 13.8. The molecule has 1 saturated heterocycles. The van der Waals surface area contributed by atoms with Gasteiger partial charge in [0.05, 0.1) is 0 Å². The number of benzene rings is 1. The van der Waals surface area contributed by atoms with Gasteiger partial charge in [0.2, 0.25) is 0 Å². The number of urea groups is 2. The van der Waals surface area contributed by atoms with Gasteiger partial charge < -0.3 is 16.0 Å². The fourth-order valence-electron chi connectivity index (χ4n) is 3.63. The quantitative estimate of drug-likeness (QED) is 0.625. The summed E-state index contributed by atoms with van der Waals surface area (Å²) >= 11 is 0. The van der Waals surface area contributed by atoms with E-state index in [4.69, 9.17) is 0 Å². The molecule has 134 valence electrons. The minimum absolute atomic E-state index is 0.177. The summed E-state index contributed by atoms with van der Waals surface area (Å²) in [6.45, 7) is 2.10. The molecule has 1 aliphatic heterocycles. The number of amides is 5. The van der Waals surface area contributed by atoms with Gasteiger partial charge in [0.1, 0.15) is 11.4 Å². The molecule has 0 aromatic heterocycles. The van der Waals surface area contributed by atoms with Gasteiger partial charge in [0, 0.05) is 18.2 Å². The summed E-state index contributed by atoms with van der Waals surface area (Å²) in [6.07, 6.45) is 2.66. The van der Waals surface area contributed by atoms with Crippen LogP contribution in [0.2, 0.25) is 0 Å². The standard InChI is InChI=1S/C17H21FN4O3/c1-2-10-5-6-12(8-13(10)18)20-15(24)19-9-11-4-3-7-17(11)14(23)21-16(25)22-17/h5-6,8,11H,2-4,7,9H2,1H3,(H2,19,20,24)(H2,21,22,23,25)/t11-,17+/m0/s1. The van der Waals surface area contributed by atoms with Crippen molar-refractivity contribution < 1.29 is 18.8 Å². The second-order valence-corrected chi connectivity index (χ2v) is 6.46. The van der Waals surface area contributed by atoms with Crippen LogP contribution in [-0.4, -0.2) is 30.1 Å². The number of nitrogens with one attached hydrogen (secondary N) is 4. The fourth-order valence-corrected chi connectivity index (χ4v) is 3.63. The van der Waals surface area contributed by atoms with Crippen LogP contribution in [0.25, 0.3) is 0 Å². The minimum Gasteiger partial charge on any atom is -0.337 e. The number of rotatable bonds is 4. The van der Waals surface area contributed by atoms with Gasteiger partial charge in [0.15, 0.2) is 0 Å². The predicted octanol–water partition coefficient (Wildman–Crippen LogP) is 1.89. The Kier molecular flexibility index (Phi) is 4.61. The summed E-state index contributed by atoms with van der Waals surface area (Å²) < 4.78 is 13.8. The van der Waals surface area contributed by atoms with E-state index in [9.17, 15) is 18.8 Å². The minimum atomic E-state index is -0.931. The number of hydrogen-bond donors (Lipinski definition) is 4. The van der Waals surface area contributed by atoms with Gasteiger partial charge in [-0.25, -0.2) is 14.0 Å². The van der Waals surface area contributed by atoms with Crippen LogP contribution < -0.4 is 21.3 Å². The van der Waals surface area contributed by atoms with Crippen LogP contribution in [0.1, 0.15) is 31.7 Å². The maximum atomic E-state index is 13.8. The molecule has 1 saturated carbocycles. The first-order valence-corrected chi connectivity index (χ1v) is 8.41. The maximum Gasteiger partial charge on any atom is 0.322 e. The first-order chi connectivity index (χ1) is 11.9. The van der Waals surface area contributed by atoms with Crippen molar-refractivity contribution in [1.29, 1.82) is 0 Å². The molecule has 5 amide bonds. The largest absolute Gasteiger partial charge is 0.337 e. The lowest BCUT2D eigenvalue weighted by molar-refractivity contribution is -0.125. The Hall–Kier alpha value is -2.64. The van der Waals surface area contributed by atoms with Crippen molar-refractivity contribution >= 4 is 23.7 Å². The average Bonchev–Trinajstić information content (AvgIpc) is 3.09. The van der Waals surface area contributed by atoms with E-state index in [0.29, 0.717) is 24.1 Å². The SMILES string of the molecule is CCc1ccc(NC(=O)NC[C@@H]2CCC[C@@]23NC(=O)NC3=O)cc1F. The van der Waals surface area contributed by atoms with Gasteiger partial charge >= 0.3 is 12.1 Å². The third kappa shape index (κ3) is 3.29. The number of halogens is 1. The van der Waals surface area contributed by atoms with Crippen molar-refractivity contribution in [2.75, 3.05) is 11.9 Å². The van der Waals surface area contributed by atoms with E-state index < -0.39 is 17.6 Å². The van der Waals surface area contributed by atoms with Crippen LogP contribution >= 0.6 is 0 Å². The van der Waals surface area contributed by atoms with E-state index in [1.165, 1.54) is 6.07 Å². The summed E-state index contributed by atoms with van der Waals surface area (Å²) in [5.41, 5.74) is 0.0151. The summed E-state index contributed by atoms with van der Waals surface area (Å²) in [7, 11) is 0. The number of imide groups is 1. The predicted molar refractivity (Wildman–Crippen MR) is 89.5 cm³/mol. The van der Waals surface area contributed by atoms with Gasteiger partial charge in [-0.3, -0.25) is 10.1 Å². The van der Waals surface area contributed by atoms with E-state index in [-0.39, 0.29) is 24.2 Å². The Morgan fingerprint density at radius 2 is 2.20 bits per heavy atom. The van der Waals surface area contributed by atoms with Crippen LogP contribution in [-0.2, 0) is 11.2 Å². The highest BCUT2D eigenvalue weighted by atomic mass is 19.1. The van der Waals surface area contributed by atoms with Gasteiger partial charge in [-0.05, 0) is 37.0 Å². The van der Waals surface area contributed by atoms with Crippen molar-refractivity contribution in [3.05, 3.63) is 29.6 Å². The molecule has 1 spiro atoms. The molecule has 1 aromatic carbocycles. The summed E-state index contributed by atoms with van der Waals surface area (Å²) in [5, 5.41) is 10.2. The molecule has 1 aromatic rings. The zero-order chi connectivity index (χ0) is 18.0. The van der Waals surface area contributed by atoms with Gasteiger partial charge in [-0.1, -0.05) is 19.4 Å². The number of hydrogen-bond acceptors (Lipinski definition) is 3. The molecule has 2 atom stereocenters. The van der Waals surface area contributed by atoms with E-state index >= 15 is 0 Å². The molecular formula is C17H21FN4O3. The smallest absolute Gasteiger partial charge is 0.322 e. The van der Waals surface area contributed by atoms with Crippen molar-refractivity contribution in [2.24, 2.45) is 5.92 Å². The van der Waals surface area contributed by atoms with Crippen LogP contribution in [0.4, 0.5) is 19.7 Å². The molecule has 1 aliphatic carbocycles. The average molecular weight is 348 g/mol. The van der Waals surface area contributed by atoms with Gasteiger partial charge in [-0.2, -0.15) is 0 Å². The Bertz CT molecular complexity index is 724. The molecule has 0 radical (unpaired) electrons. The van der Waals surface area contributed by atoms with E-state index in [0.717, 1.165) is 12.8 Å². The van der Waals surface area contributed by atoms with Crippen molar-refractivity contribution in [1.82, 2.24) is 16.0 Å². The highest BCUT2D eigenvalue weighted by molar-refractivity contribution is 6.07. The normalized spacial score (nSPS) is 25.0. The second kappa shape index (κ2) is 6.70. The highest BCUT2D eigenvalue weighted by Crippen LogP contribution is 2.37. The zero-order valence-electron chi connectivity index (χ0n) is 13.9. The molecule has 0 bridgehead atoms. The Labute approximate surface area is 144 Å². The second-order valence-electron chi connectivity index (χ2n) is 6.46. The molecule has 2 fully saturated rings. The summed E-state index contributed by atoms with van der Waals surface area (Å²) in [6, 6.07) is 3.58. The lowest BCUT2D eigenvalue weighted by atomic mass is 9.87. The van der Waals surface area contributed by atoms with Crippen LogP contribution in [0.5, 0.6) is 0 Å². The molecule has 2 aliphatic rings. The van der Waals surface area contributed by atoms with E-state index in [1.54, 1.807) is 12.1 Å². The van der Waals surface area contributed by atoms with Crippen LogP contribution in [0, 0.1) is 11.7 Å². The lowest BCUT2D eigenvalue weighted by Crippen LogP contribution is -2.53. The van der Waals surface area contributed by atoms with E-state index in [1.807, 2.05) is 6.92 Å². The first kappa shape index (κ1) is 17.2. The van der Waals surface area contributed by atoms with Gasteiger partial charge in [0.25, 0.3) is 5.91 Å². The molecule has 3 rings (SSSR count). The summed E-state index contributed by atoms with van der Waals surface area (Å²) in [4.78, 5) is 35.6. The van der Waals surface area contributed by atoms with Gasteiger partial charge in [-0.15, -0.1) is 0 Å². The molecule has 25 heavy (non-hydrogen) atoms. The number of carbonyl (C=O) groups is 3. The number of anilines is 1. The number of aryl methyl sites for hydroxylation is 1. The molecule has 7 nitrogen and oxygen atoms in total. The topological polar surface area (TPSA) is 99.3 Å². The third-order valence-corrected chi connectivity index (χ3v) is 4.99. The first-order valence-electron chi connectivity index (χ1n) is 8.41. The monoisotopic (exact) mass is 348 g/mol. The van der Waals surface area contributed by atoms with E-state index in [2.05, 4.69) is 21.3 Å². The zero-order valence-corrected chi connectivity index (χ0v) is 13.9. The fraction of sp³-hybridized carbons (Fsp3) is 0.471. The molecule has 0 unspecified atom stereocenters. The van der Waals surface area contributed by atoms with Crippen LogP contribution in [0.3, 0.4) is 0 Å². The van der Waals surface area contributed by atoms with Crippen molar-refractivity contribution in [2.45, 2.75) is 38.1 Å². The highest BCUT2D eigenvalue weighted by Gasteiger charge is 2.54. The molecule has 1 heterocycles. The Balaban J connectivity index is 1.58. The molecule has 8 heteroatoms. The number of carbonyl (C=O) groups excluding carboxylic acids is 3. The molecule has 4 N–H and O–H groups in total. The Morgan fingerprint density at radius 1 is 1.40 bits per heavy atom. The lowest BCUT2D eigenvalue weighted by Gasteiger charge is -2.28. The van der Waals surface area contributed by atoms with Crippen LogP contribution in [0.15, 0.2) is 18.2 Å². The van der Waals surface area contributed by atoms with Crippen molar-refractivity contribution in [3.8, 4) is 0 Å². The molecular weight excluding hydrogens is 327 g/mol. The third-order valence-electron chi connectivity index (χ3n) is 4.99. The summed E-state index contributed by atoms with van der Waals surface area (Å²) in [5.74, 6) is -0.872. The van der Waals surface area contributed by atoms with Crippen molar-refractivity contribution in [3.63, 3.8) is 0 Å². The Morgan fingerprint density at radius 3 is 2.84 bits per heavy atom.